The van der Waals surface area contributed by atoms with E-state index in [1.54, 1.807) is 6.92 Å². The van der Waals surface area contributed by atoms with Gasteiger partial charge in [-0.3, -0.25) is 9.59 Å². The molecule has 0 radical (unpaired) electrons. The summed E-state index contributed by atoms with van der Waals surface area (Å²) in [6.45, 7) is 1.95. The number of hydrogen-bond acceptors (Lipinski definition) is 5. The molecule has 1 heterocycles. The van der Waals surface area contributed by atoms with Crippen LogP contribution in [0.25, 0.3) is 0 Å². The van der Waals surface area contributed by atoms with Gasteiger partial charge in [0.2, 0.25) is 0 Å². The summed E-state index contributed by atoms with van der Waals surface area (Å²) in [4.78, 5) is 21.8. The molecular formula is C9H12N2O4. The van der Waals surface area contributed by atoms with E-state index < -0.39 is 17.5 Å². The van der Waals surface area contributed by atoms with Crippen LogP contribution in [0.15, 0.2) is 22.5 Å². The molecule has 0 bridgehead atoms. The van der Waals surface area contributed by atoms with E-state index >= 15 is 0 Å². The Bertz CT molecular complexity index is 310. The first-order chi connectivity index (χ1) is 7.08. The number of carboxylic acid groups (broad SMARTS) is 1. The molecule has 0 aliphatic carbocycles. The Morgan fingerprint density at radius 2 is 2.20 bits per heavy atom. The second-order valence-electron chi connectivity index (χ2n) is 3.19. The predicted octanol–water partition coefficient (Wildman–Crippen LogP) is 1.13. The maximum Gasteiger partial charge on any atom is 0.308 e. The van der Waals surface area contributed by atoms with Crippen LogP contribution in [-0.4, -0.2) is 29.2 Å². The smallest absolute Gasteiger partial charge is 0.308 e. The van der Waals surface area contributed by atoms with Crippen molar-refractivity contribution in [1.29, 1.82) is 0 Å². The SMILES string of the molecule is CCOC(=O)CC1(CC(=O)O)C=CN=N1. The Hall–Kier alpha value is -1.72. The highest BCUT2D eigenvalue weighted by atomic mass is 16.5. The molecule has 6 nitrogen and oxygen atoms in total. The molecule has 15 heavy (non-hydrogen) atoms. The third-order valence-corrected chi connectivity index (χ3v) is 1.92. The molecule has 82 valence electrons. The van der Waals surface area contributed by atoms with Gasteiger partial charge in [-0.2, -0.15) is 10.2 Å². The number of azo groups is 1. The molecule has 0 aromatic rings. The van der Waals surface area contributed by atoms with Crippen molar-refractivity contribution in [2.45, 2.75) is 25.3 Å². The fraction of sp³-hybridized carbons (Fsp3) is 0.556. The highest BCUT2D eigenvalue weighted by molar-refractivity contribution is 5.75. The fourth-order valence-electron chi connectivity index (χ4n) is 1.33. The molecule has 6 heteroatoms. The number of carbonyl (C=O) groups is 2. The number of nitrogens with zero attached hydrogens (tertiary/aromatic N) is 2. The van der Waals surface area contributed by atoms with Crippen LogP contribution in [0.4, 0.5) is 0 Å². The van der Waals surface area contributed by atoms with Crippen LogP contribution in [-0.2, 0) is 14.3 Å². The summed E-state index contributed by atoms with van der Waals surface area (Å²) in [5.41, 5.74) is -1.06. The quantitative estimate of drug-likeness (QED) is 0.692. The van der Waals surface area contributed by atoms with E-state index in [1.165, 1.54) is 12.3 Å². The van der Waals surface area contributed by atoms with Crippen LogP contribution in [0.1, 0.15) is 19.8 Å². The van der Waals surface area contributed by atoms with E-state index in [4.69, 9.17) is 9.84 Å². The third kappa shape index (κ3) is 3.16. The molecule has 1 aliphatic heterocycles. The molecule has 0 aromatic heterocycles. The monoisotopic (exact) mass is 212 g/mol. The predicted molar refractivity (Wildman–Crippen MR) is 50.2 cm³/mol. The van der Waals surface area contributed by atoms with E-state index in [2.05, 4.69) is 10.2 Å². The zero-order valence-electron chi connectivity index (χ0n) is 8.34. The Morgan fingerprint density at radius 1 is 1.47 bits per heavy atom. The lowest BCUT2D eigenvalue weighted by molar-refractivity contribution is -0.144. The van der Waals surface area contributed by atoms with Gasteiger partial charge < -0.3 is 9.84 Å². The number of rotatable bonds is 5. The summed E-state index contributed by atoms with van der Waals surface area (Å²) < 4.78 is 4.74. The van der Waals surface area contributed by atoms with Crippen molar-refractivity contribution in [3.8, 4) is 0 Å². The van der Waals surface area contributed by atoms with Crippen molar-refractivity contribution in [1.82, 2.24) is 0 Å². The Labute approximate surface area is 86.6 Å². The van der Waals surface area contributed by atoms with E-state index in [0.29, 0.717) is 0 Å². The lowest BCUT2D eigenvalue weighted by atomic mass is 9.93. The van der Waals surface area contributed by atoms with Crippen molar-refractivity contribution >= 4 is 11.9 Å². The van der Waals surface area contributed by atoms with Crippen molar-refractivity contribution < 1.29 is 19.4 Å². The first kappa shape index (κ1) is 11.4. The standard InChI is InChI=1S/C9H12N2O4/c1-2-15-8(14)6-9(5-7(12)13)3-4-10-11-9/h3-4H,2,5-6H2,1H3,(H,12,13). The summed E-state index contributed by atoms with van der Waals surface area (Å²) in [5, 5.41) is 16.0. The molecule has 1 rings (SSSR count). The van der Waals surface area contributed by atoms with Crippen molar-refractivity contribution in [3.63, 3.8) is 0 Å². The summed E-state index contributed by atoms with van der Waals surface area (Å²) in [6.07, 6.45) is 2.55. The van der Waals surface area contributed by atoms with Crippen LogP contribution in [0.5, 0.6) is 0 Å². The Morgan fingerprint density at radius 3 is 2.67 bits per heavy atom. The highest BCUT2D eigenvalue weighted by Gasteiger charge is 2.35. The summed E-state index contributed by atoms with van der Waals surface area (Å²) >= 11 is 0. The molecule has 0 spiro atoms. The van der Waals surface area contributed by atoms with Crippen molar-refractivity contribution in [2.24, 2.45) is 10.2 Å². The fourth-order valence-corrected chi connectivity index (χ4v) is 1.33. The zero-order valence-corrected chi connectivity index (χ0v) is 8.34. The molecule has 0 fully saturated rings. The van der Waals surface area contributed by atoms with Gasteiger partial charge in [0.05, 0.1) is 19.4 Å². The van der Waals surface area contributed by atoms with Crippen LogP contribution >= 0.6 is 0 Å². The van der Waals surface area contributed by atoms with Gasteiger partial charge in [0, 0.05) is 6.20 Å². The zero-order chi connectivity index (χ0) is 11.3. The first-order valence-electron chi connectivity index (χ1n) is 4.55. The largest absolute Gasteiger partial charge is 0.481 e. The second kappa shape index (κ2) is 4.68. The molecule has 0 saturated carbocycles. The van der Waals surface area contributed by atoms with Gasteiger partial charge in [-0.15, -0.1) is 0 Å². The van der Waals surface area contributed by atoms with Gasteiger partial charge in [0.25, 0.3) is 0 Å². The third-order valence-electron chi connectivity index (χ3n) is 1.92. The molecule has 1 aliphatic rings. The lowest BCUT2D eigenvalue weighted by Gasteiger charge is -2.18. The van der Waals surface area contributed by atoms with Crippen LogP contribution in [0, 0.1) is 0 Å². The van der Waals surface area contributed by atoms with E-state index in [1.807, 2.05) is 0 Å². The number of aliphatic carboxylic acids is 1. The number of ether oxygens (including phenoxy) is 1. The van der Waals surface area contributed by atoms with Gasteiger partial charge in [-0.1, -0.05) is 0 Å². The number of carboxylic acids is 1. The molecular weight excluding hydrogens is 200 g/mol. The summed E-state index contributed by atoms with van der Waals surface area (Å²) in [7, 11) is 0. The number of esters is 1. The average molecular weight is 212 g/mol. The molecule has 0 saturated heterocycles. The van der Waals surface area contributed by atoms with Crippen LogP contribution < -0.4 is 0 Å². The van der Waals surface area contributed by atoms with Crippen LogP contribution in [0.3, 0.4) is 0 Å². The minimum absolute atomic E-state index is 0.0901. The molecule has 1 atom stereocenters. The minimum atomic E-state index is -1.06. The average Bonchev–Trinajstić information content (AvgIpc) is 2.51. The number of hydrogen-bond donors (Lipinski definition) is 1. The topological polar surface area (TPSA) is 88.3 Å². The maximum atomic E-state index is 11.2. The van der Waals surface area contributed by atoms with E-state index in [9.17, 15) is 9.59 Å². The van der Waals surface area contributed by atoms with Crippen LogP contribution in [0.2, 0.25) is 0 Å². The molecule has 1 N–H and O–H groups in total. The second-order valence-corrected chi connectivity index (χ2v) is 3.19. The summed E-state index contributed by atoms with van der Waals surface area (Å²) in [6, 6.07) is 0. The lowest BCUT2D eigenvalue weighted by Crippen LogP contribution is -2.30. The van der Waals surface area contributed by atoms with Gasteiger partial charge in [-0.25, -0.2) is 0 Å². The Kier molecular flexibility index (Phi) is 3.54. The van der Waals surface area contributed by atoms with Gasteiger partial charge in [0.1, 0.15) is 5.54 Å². The molecule has 0 amide bonds. The molecule has 1 unspecified atom stereocenters. The normalized spacial score (nSPS) is 23.0. The van der Waals surface area contributed by atoms with E-state index in [-0.39, 0.29) is 19.4 Å². The van der Waals surface area contributed by atoms with Gasteiger partial charge in [-0.05, 0) is 13.0 Å². The van der Waals surface area contributed by atoms with Crippen molar-refractivity contribution in [3.05, 3.63) is 12.3 Å². The summed E-state index contributed by atoms with van der Waals surface area (Å²) in [5.74, 6) is -1.49. The highest BCUT2D eigenvalue weighted by Crippen LogP contribution is 2.28. The van der Waals surface area contributed by atoms with E-state index in [0.717, 1.165) is 0 Å². The maximum absolute atomic E-state index is 11.2. The van der Waals surface area contributed by atoms with Gasteiger partial charge >= 0.3 is 11.9 Å². The first-order valence-corrected chi connectivity index (χ1v) is 4.55. The van der Waals surface area contributed by atoms with Gasteiger partial charge in [0.15, 0.2) is 0 Å². The Balaban J connectivity index is 2.66. The molecule has 0 aromatic carbocycles. The van der Waals surface area contributed by atoms with Crippen molar-refractivity contribution in [2.75, 3.05) is 6.61 Å². The number of carbonyl (C=O) groups excluding carboxylic acids is 1. The minimum Gasteiger partial charge on any atom is -0.481 e.